The molecule has 31 heavy (non-hydrogen) atoms. The first-order chi connectivity index (χ1) is 15.0. The average molecular weight is 460 g/mol. The number of carbonyl (C=O) groups is 1. The zero-order valence-electron chi connectivity index (χ0n) is 17.0. The van der Waals surface area contributed by atoms with Crippen LogP contribution in [0.1, 0.15) is 24.0 Å². The van der Waals surface area contributed by atoms with Crippen molar-refractivity contribution >= 4 is 40.3 Å². The summed E-state index contributed by atoms with van der Waals surface area (Å²) < 4.78 is 30.5. The van der Waals surface area contributed by atoms with E-state index in [1.54, 1.807) is 36.3 Å². The van der Waals surface area contributed by atoms with Crippen LogP contribution in [0, 0.1) is 5.82 Å². The summed E-state index contributed by atoms with van der Waals surface area (Å²) in [6.07, 6.45) is 3.83. The Hall–Kier alpha value is -2.42. The van der Waals surface area contributed by atoms with Crippen LogP contribution in [-0.4, -0.2) is 41.5 Å². The first kappa shape index (κ1) is 21.8. The molecule has 8 heteroatoms. The number of carbonyl (C=O) groups excluding carboxylic acids is 1. The predicted octanol–water partition coefficient (Wildman–Crippen LogP) is 4.79. The van der Waals surface area contributed by atoms with Crippen molar-refractivity contribution < 1.29 is 23.4 Å². The standard InChI is InChI=1S/C23H22FNO4S2/c1-27-20-11-16(6-9-19(20)29-14-15-4-7-17(24)8-5-15)12-21-22(26)25(23(30)31-21)13-18-3-2-10-28-18/h4-9,11-12,18H,2-3,10,13-14H2,1H3/b21-12-/t18-/m0/s1. The number of hydrogen-bond donors (Lipinski definition) is 0. The molecule has 0 spiro atoms. The van der Waals surface area contributed by atoms with Gasteiger partial charge in [0.05, 0.1) is 24.7 Å². The van der Waals surface area contributed by atoms with Gasteiger partial charge in [-0.3, -0.25) is 9.69 Å². The monoisotopic (exact) mass is 459 g/mol. The SMILES string of the molecule is COc1cc(/C=C2\SC(=S)N(C[C@@H]3CCCO3)C2=O)ccc1OCc1ccc(F)cc1. The molecule has 162 valence electrons. The van der Waals surface area contributed by atoms with Gasteiger partial charge in [-0.15, -0.1) is 0 Å². The molecule has 2 aliphatic rings. The Balaban J connectivity index is 1.45. The molecule has 2 heterocycles. The topological polar surface area (TPSA) is 48.0 Å². The molecule has 5 nitrogen and oxygen atoms in total. The summed E-state index contributed by atoms with van der Waals surface area (Å²) in [5, 5.41) is 0. The van der Waals surface area contributed by atoms with Crippen molar-refractivity contribution in [2.24, 2.45) is 0 Å². The number of amides is 1. The molecule has 0 radical (unpaired) electrons. The highest BCUT2D eigenvalue weighted by molar-refractivity contribution is 8.26. The molecule has 0 aliphatic carbocycles. The van der Waals surface area contributed by atoms with Crippen LogP contribution in [-0.2, 0) is 16.1 Å². The number of methoxy groups -OCH3 is 1. The first-order valence-corrected chi connectivity index (χ1v) is 11.2. The summed E-state index contributed by atoms with van der Waals surface area (Å²) in [4.78, 5) is 15.0. The maximum absolute atomic E-state index is 13.0. The highest BCUT2D eigenvalue weighted by atomic mass is 32.2. The Kier molecular flexibility index (Phi) is 6.89. The third-order valence-corrected chi connectivity index (χ3v) is 6.45. The predicted molar refractivity (Wildman–Crippen MR) is 123 cm³/mol. The number of ether oxygens (including phenoxy) is 3. The zero-order valence-corrected chi connectivity index (χ0v) is 18.6. The third kappa shape index (κ3) is 5.26. The summed E-state index contributed by atoms with van der Waals surface area (Å²) in [6.45, 7) is 1.53. The second kappa shape index (κ2) is 9.80. The van der Waals surface area contributed by atoms with Crippen molar-refractivity contribution in [1.82, 2.24) is 4.90 Å². The molecule has 0 aromatic heterocycles. The van der Waals surface area contributed by atoms with Crippen molar-refractivity contribution in [3.8, 4) is 11.5 Å². The van der Waals surface area contributed by atoms with E-state index in [1.807, 2.05) is 12.1 Å². The molecule has 1 amide bonds. The number of halogens is 1. The normalized spacial score (nSPS) is 20.0. The second-order valence-electron chi connectivity index (χ2n) is 7.25. The molecule has 2 saturated heterocycles. The highest BCUT2D eigenvalue weighted by Gasteiger charge is 2.34. The number of nitrogens with zero attached hydrogens (tertiary/aromatic N) is 1. The molecule has 2 fully saturated rings. The van der Waals surface area contributed by atoms with Crippen LogP contribution in [0.3, 0.4) is 0 Å². The maximum Gasteiger partial charge on any atom is 0.266 e. The minimum atomic E-state index is -0.285. The van der Waals surface area contributed by atoms with E-state index in [0.29, 0.717) is 27.3 Å². The van der Waals surface area contributed by atoms with E-state index in [1.165, 1.54) is 23.9 Å². The van der Waals surface area contributed by atoms with Crippen LogP contribution in [0.2, 0.25) is 0 Å². The van der Waals surface area contributed by atoms with Gasteiger partial charge < -0.3 is 14.2 Å². The summed E-state index contributed by atoms with van der Waals surface area (Å²) in [6, 6.07) is 11.6. The Bertz CT molecular complexity index is 1000. The average Bonchev–Trinajstić information content (AvgIpc) is 3.38. The Morgan fingerprint density at radius 2 is 2.06 bits per heavy atom. The van der Waals surface area contributed by atoms with Gasteiger partial charge in [0.25, 0.3) is 5.91 Å². The Morgan fingerprint density at radius 1 is 1.26 bits per heavy atom. The second-order valence-corrected chi connectivity index (χ2v) is 8.93. The first-order valence-electron chi connectivity index (χ1n) is 9.96. The maximum atomic E-state index is 13.0. The Morgan fingerprint density at radius 3 is 2.77 bits per heavy atom. The van der Waals surface area contributed by atoms with Crippen LogP contribution in [0.15, 0.2) is 47.4 Å². The third-order valence-electron chi connectivity index (χ3n) is 5.08. The van der Waals surface area contributed by atoms with E-state index in [4.69, 9.17) is 26.4 Å². The molecular weight excluding hydrogens is 437 g/mol. The van der Waals surface area contributed by atoms with E-state index < -0.39 is 0 Å². The van der Waals surface area contributed by atoms with Crippen molar-refractivity contribution in [2.75, 3.05) is 20.3 Å². The number of thioether (sulfide) groups is 1. The van der Waals surface area contributed by atoms with Crippen LogP contribution in [0.25, 0.3) is 6.08 Å². The summed E-state index contributed by atoms with van der Waals surface area (Å²) in [7, 11) is 1.56. The molecular formula is C23H22FNO4S2. The van der Waals surface area contributed by atoms with Crippen LogP contribution >= 0.6 is 24.0 Å². The smallest absolute Gasteiger partial charge is 0.266 e. The Labute approximate surface area is 190 Å². The molecule has 0 N–H and O–H groups in total. The molecule has 2 aromatic carbocycles. The molecule has 2 aliphatic heterocycles. The van der Waals surface area contributed by atoms with Gasteiger partial charge in [0.1, 0.15) is 16.7 Å². The van der Waals surface area contributed by atoms with Gasteiger partial charge in [-0.25, -0.2) is 4.39 Å². The highest BCUT2D eigenvalue weighted by Crippen LogP contribution is 2.35. The molecule has 0 bridgehead atoms. The van der Waals surface area contributed by atoms with E-state index in [9.17, 15) is 9.18 Å². The number of thiocarbonyl (C=S) groups is 1. The minimum absolute atomic E-state index is 0.0551. The summed E-state index contributed by atoms with van der Waals surface area (Å²) >= 11 is 6.70. The largest absolute Gasteiger partial charge is 0.493 e. The van der Waals surface area contributed by atoms with Gasteiger partial charge in [-0.2, -0.15) is 0 Å². The van der Waals surface area contributed by atoms with Gasteiger partial charge in [-0.05, 0) is 54.3 Å². The van der Waals surface area contributed by atoms with Gasteiger partial charge in [0, 0.05) is 6.61 Å². The van der Waals surface area contributed by atoms with E-state index in [2.05, 4.69) is 0 Å². The number of rotatable bonds is 7. The van der Waals surface area contributed by atoms with Gasteiger partial charge in [0.2, 0.25) is 0 Å². The molecule has 2 aromatic rings. The fraction of sp³-hybridized carbons (Fsp3) is 0.304. The lowest BCUT2D eigenvalue weighted by atomic mass is 10.1. The molecule has 0 saturated carbocycles. The quantitative estimate of drug-likeness (QED) is 0.438. The lowest BCUT2D eigenvalue weighted by molar-refractivity contribution is -0.123. The zero-order chi connectivity index (χ0) is 21.8. The number of hydrogen-bond acceptors (Lipinski definition) is 6. The van der Waals surface area contributed by atoms with Crippen molar-refractivity contribution in [3.05, 3.63) is 64.3 Å². The van der Waals surface area contributed by atoms with Crippen LogP contribution < -0.4 is 9.47 Å². The van der Waals surface area contributed by atoms with Crippen molar-refractivity contribution in [3.63, 3.8) is 0 Å². The minimum Gasteiger partial charge on any atom is -0.493 e. The van der Waals surface area contributed by atoms with E-state index in [-0.39, 0.29) is 24.4 Å². The molecule has 4 rings (SSSR count). The lowest BCUT2D eigenvalue weighted by Crippen LogP contribution is -2.35. The van der Waals surface area contributed by atoms with Crippen molar-refractivity contribution in [1.29, 1.82) is 0 Å². The van der Waals surface area contributed by atoms with Crippen LogP contribution in [0.5, 0.6) is 11.5 Å². The summed E-state index contributed by atoms with van der Waals surface area (Å²) in [5.74, 6) is 0.730. The van der Waals surface area contributed by atoms with E-state index >= 15 is 0 Å². The number of benzene rings is 2. The van der Waals surface area contributed by atoms with Gasteiger partial charge >= 0.3 is 0 Å². The summed E-state index contributed by atoms with van der Waals surface area (Å²) in [5.41, 5.74) is 1.66. The van der Waals surface area contributed by atoms with Crippen molar-refractivity contribution in [2.45, 2.75) is 25.6 Å². The fourth-order valence-corrected chi connectivity index (χ4v) is 4.71. The van der Waals surface area contributed by atoms with Crippen LogP contribution in [0.4, 0.5) is 4.39 Å². The van der Waals surface area contributed by atoms with Gasteiger partial charge in [-0.1, -0.05) is 42.2 Å². The lowest BCUT2D eigenvalue weighted by Gasteiger charge is -2.18. The molecule has 1 atom stereocenters. The van der Waals surface area contributed by atoms with Gasteiger partial charge in [0.15, 0.2) is 11.5 Å². The fourth-order valence-electron chi connectivity index (χ4n) is 3.44. The van der Waals surface area contributed by atoms with E-state index in [0.717, 1.165) is 30.6 Å². The molecule has 0 unspecified atom stereocenters.